The summed E-state index contributed by atoms with van der Waals surface area (Å²) in [5, 5.41) is 4.48. The molecular formula is C15H18BrN3S. The topological polar surface area (TPSA) is 37.8 Å². The van der Waals surface area contributed by atoms with Crippen molar-refractivity contribution in [2.24, 2.45) is 0 Å². The van der Waals surface area contributed by atoms with Crippen molar-refractivity contribution in [3.63, 3.8) is 0 Å². The predicted octanol–water partition coefficient (Wildman–Crippen LogP) is 4.28. The summed E-state index contributed by atoms with van der Waals surface area (Å²) < 4.78 is 1.09. The quantitative estimate of drug-likeness (QED) is 0.834. The van der Waals surface area contributed by atoms with Gasteiger partial charge in [-0.15, -0.1) is 0 Å². The average molecular weight is 352 g/mol. The molecule has 1 aromatic carbocycles. The molecule has 20 heavy (non-hydrogen) atoms. The van der Waals surface area contributed by atoms with Gasteiger partial charge in [0.1, 0.15) is 11.4 Å². The van der Waals surface area contributed by atoms with E-state index >= 15 is 0 Å². The van der Waals surface area contributed by atoms with Gasteiger partial charge in [-0.1, -0.05) is 27.7 Å². The third-order valence-corrected chi connectivity index (χ3v) is 4.16. The summed E-state index contributed by atoms with van der Waals surface area (Å²) in [6.45, 7) is 7.34. The fourth-order valence-electron chi connectivity index (χ4n) is 1.60. The Bertz CT molecular complexity index is 567. The second kappa shape index (κ2) is 6.70. The zero-order valence-corrected chi connectivity index (χ0v) is 14.3. The maximum atomic E-state index is 4.27. The van der Waals surface area contributed by atoms with Crippen molar-refractivity contribution in [2.45, 2.75) is 42.8 Å². The normalized spacial score (nSPS) is 11.6. The molecule has 0 atom stereocenters. The molecule has 1 aromatic heterocycles. The lowest BCUT2D eigenvalue weighted by Crippen LogP contribution is -2.35. The molecule has 0 unspecified atom stereocenters. The summed E-state index contributed by atoms with van der Waals surface area (Å²) in [6, 6.07) is 8.26. The molecule has 1 N–H and O–H groups in total. The van der Waals surface area contributed by atoms with Crippen LogP contribution in [-0.2, 0) is 6.54 Å². The van der Waals surface area contributed by atoms with Crippen molar-refractivity contribution in [3.8, 4) is 0 Å². The first-order chi connectivity index (χ1) is 9.44. The molecule has 2 aromatic rings. The number of nitrogens with zero attached hydrogens (tertiary/aromatic N) is 2. The Morgan fingerprint density at radius 2 is 2.05 bits per heavy atom. The average Bonchev–Trinajstić information content (AvgIpc) is 2.39. The molecule has 106 valence electrons. The maximum absolute atomic E-state index is 4.27. The summed E-state index contributed by atoms with van der Waals surface area (Å²) in [4.78, 5) is 9.43. The predicted molar refractivity (Wildman–Crippen MR) is 86.9 cm³/mol. The maximum Gasteiger partial charge on any atom is 0.116 e. The molecule has 0 saturated heterocycles. The van der Waals surface area contributed by atoms with Crippen LogP contribution in [0.2, 0.25) is 0 Å². The number of hydrogen-bond acceptors (Lipinski definition) is 4. The van der Waals surface area contributed by atoms with E-state index in [2.05, 4.69) is 70.2 Å². The van der Waals surface area contributed by atoms with Crippen LogP contribution in [-0.4, -0.2) is 15.5 Å². The van der Waals surface area contributed by atoms with Gasteiger partial charge < -0.3 is 5.32 Å². The van der Waals surface area contributed by atoms with Gasteiger partial charge in [-0.05, 0) is 50.6 Å². The summed E-state index contributed by atoms with van der Waals surface area (Å²) in [5.41, 5.74) is 1.36. The molecule has 0 aliphatic heterocycles. The molecule has 0 radical (unpaired) electrons. The number of hydrogen-bond donors (Lipinski definition) is 1. The number of halogens is 1. The number of aromatic nitrogens is 2. The van der Waals surface area contributed by atoms with E-state index in [1.54, 1.807) is 24.3 Å². The number of rotatable bonds is 4. The number of benzene rings is 1. The standard InChI is InChI=1S/C15H18BrN3S/c1-15(2,3)19-9-11-8-12(16)4-5-13(11)20-14-6-7-17-10-18-14/h4-8,10,19H,9H2,1-3H3. The Morgan fingerprint density at radius 1 is 1.25 bits per heavy atom. The van der Waals surface area contributed by atoms with Crippen molar-refractivity contribution in [2.75, 3.05) is 0 Å². The molecule has 0 aliphatic rings. The fourth-order valence-corrected chi connectivity index (χ4v) is 2.86. The van der Waals surface area contributed by atoms with E-state index in [0.717, 1.165) is 16.0 Å². The fraction of sp³-hybridized carbons (Fsp3) is 0.333. The number of nitrogens with one attached hydrogen (secondary N) is 1. The van der Waals surface area contributed by atoms with E-state index in [-0.39, 0.29) is 5.54 Å². The summed E-state index contributed by atoms with van der Waals surface area (Å²) in [7, 11) is 0. The van der Waals surface area contributed by atoms with Gasteiger partial charge >= 0.3 is 0 Å². The highest BCUT2D eigenvalue weighted by Crippen LogP contribution is 2.30. The van der Waals surface area contributed by atoms with Crippen molar-refractivity contribution in [1.82, 2.24) is 15.3 Å². The van der Waals surface area contributed by atoms with Crippen LogP contribution in [0.5, 0.6) is 0 Å². The van der Waals surface area contributed by atoms with Gasteiger partial charge in [-0.25, -0.2) is 9.97 Å². The summed E-state index contributed by atoms with van der Waals surface area (Å²) >= 11 is 5.20. The highest BCUT2D eigenvalue weighted by molar-refractivity contribution is 9.10. The Kier molecular flexibility index (Phi) is 5.18. The Morgan fingerprint density at radius 3 is 2.70 bits per heavy atom. The first kappa shape index (κ1) is 15.5. The lowest BCUT2D eigenvalue weighted by Gasteiger charge is -2.21. The zero-order chi connectivity index (χ0) is 14.6. The van der Waals surface area contributed by atoms with Crippen LogP contribution in [0.1, 0.15) is 26.3 Å². The van der Waals surface area contributed by atoms with Crippen LogP contribution < -0.4 is 5.32 Å². The minimum absolute atomic E-state index is 0.0964. The first-order valence-corrected chi connectivity index (χ1v) is 8.02. The van der Waals surface area contributed by atoms with Crippen LogP contribution in [0.3, 0.4) is 0 Å². The van der Waals surface area contributed by atoms with E-state index in [1.165, 1.54) is 10.5 Å². The SMILES string of the molecule is CC(C)(C)NCc1cc(Br)ccc1Sc1ccncn1. The lowest BCUT2D eigenvalue weighted by molar-refractivity contribution is 0.422. The minimum Gasteiger partial charge on any atom is -0.308 e. The van der Waals surface area contributed by atoms with Crippen LogP contribution in [0.25, 0.3) is 0 Å². The van der Waals surface area contributed by atoms with Gasteiger partial charge in [-0.2, -0.15) is 0 Å². The zero-order valence-electron chi connectivity index (χ0n) is 11.9. The second-order valence-electron chi connectivity index (χ2n) is 5.51. The van der Waals surface area contributed by atoms with Gasteiger partial charge in [0.05, 0.1) is 0 Å². The molecular weight excluding hydrogens is 334 g/mol. The highest BCUT2D eigenvalue weighted by Gasteiger charge is 2.11. The van der Waals surface area contributed by atoms with Crippen molar-refractivity contribution in [3.05, 3.63) is 46.8 Å². The van der Waals surface area contributed by atoms with E-state index < -0.39 is 0 Å². The monoisotopic (exact) mass is 351 g/mol. The highest BCUT2D eigenvalue weighted by atomic mass is 79.9. The molecule has 5 heteroatoms. The Hall–Kier alpha value is -0.910. The third kappa shape index (κ3) is 4.89. The molecule has 0 saturated carbocycles. The van der Waals surface area contributed by atoms with Crippen LogP contribution in [0.4, 0.5) is 0 Å². The summed E-state index contributed by atoms with van der Waals surface area (Å²) in [5.74, 6) is 0. The van der Waals surface area contributed by atoms with Crippen LogP contribution in [0, 0.1) is 0 Å². The second-order valence-corrected chi connectivity index (χ2v) is 7.48. The van der Waals surface area contributed by atoms with E-state index in [4.69, 9.17) is 0 Å². The van der Waals surface area contributed by atoms with Crippen molar-refractivity contribution >= 4 is 27.7 Å². The largest absolute Gasteiger partial charge is 0.308 e. The van der Waals surface area contributed by atoms with Gasteiger partial charge in [0.2, 0.25) is 0 Å². The molecule has 0 fully saturated rings. The first-order valence-electron chi connectivity index (χ1n) is 6.41. The third-order valence-electron chi connectivity index (χ3n) is 2.60. The van der Waals surface area contributed by atoms with Gasteiger partial charge in [0.25, 0.3) is 0 Å². The van der Waals surface area contributed by atoms with Gasteiger partial charge in [0, 0.05) is 27.6 Å². The van der Waals surface area contributed by atoms with Gasteiger partial charge in [-0.3, -0.25) is 0 Å². The molecule has 2 rings (SSSR count). The van der Waals surface area contributed by atoms with Gasteiger partial charge in [0.15, 0.2) is 0 Å². The molecule has 0 aliphatic carbocycles. The molecule has 0 amide bonds. The Labute approximate surface area is 132 Å². The minimum atomic E-state index is 0.0964. The smallest absolute Gasteiger partial charge is 0.116 e. The summed E-state index contributed by atoms with van der Waals surface area (Å²) in [6.07, 6.45) is 3.34. The van der Waals surface area contributed by atoms with E-state index in [9.17, 15) is 0 Å². The molecule has 0 bridgehead atoms. The van der Waals surface area contributed by atoms with Crippen LogP contribution >= 0.6 is 27.7 Å². The molecule has 1 heterocycles. The molecule has 0 spiro atoms. The van der Waals surface area contributed by atoms with Crippen molar-refractivity contribution < 1.29 is 0 Å². The van der Waals surface area contributed by atoms with Crippen molar-refractivity contribution in [1.29, 1.82) is 0 Å². The molecule has 3 nitrogen and oxygen atoms in total. The van der Waals surface area contributed by atoms with Crippen LogP contribution in [0.15, 0.2) is 51.2 Å². The van der Waals surface area contributed by atoms with E-state index in [0.29, 0.717) is 0 Å². The van der Waals surface area contributed by atoms with E-state index in [1.807, 2.05) is 6.07 Å². The lowest BCUT2D eigenvalue weighted by atomic mass is 10.1. The Balaban J connectivity index is 2.19.